The van der Waals surface area contributed by atoms with Gasteiger partial charge in [-0.25, -0.2) is 0 Å². The van der Waals surface area contributed by atoms with Crippen LogP contribution < -0.4 is 5.32 Å². The fourth-order valence-electron chi connectivity index (χ4n) is 2.23. The highest BCUT2D eigenvalue weighted by Crippen LogP contribution is 2.20. The van der Waals surface area contributed by atoms with Gasteiger partial charge >= 0.3 is 6.01 Å². The van der Waals surface area contributed by atoms with Crippen molar-refractivity contribution in [1.29, 1.82) is 0 Å². The van der Waals surface area contributed by atoms with Gasteiger partial charge in [0, 0.05) is 9.37 Å². The van der Waals surface area contributed by atoms with Crippen molar-refractivity contribution in [3.63, 3.8) is 0 Å². The number of rotatable bonds is 6. The molecule has 0 unspecified atom stereocenters. The predicted octanol–water partition coefficient (Wildman–Crippen LogP) is 4.79. The monoisotopic (exact) mass is 417 g/mol. The number of benzene rings is 2. The highest BCUT2D eigenvalue weighted by atomic mass is 79.9. The van der Waals surface area contributed by atoms with Crippen molar-refractivity contribution < 1.29 is 9.21 Å². The average Bonchev–Trinajstić information content (AvgIpc) is 3.04. The van der Waals surface area contributed by atoms with Crippen molar-refractivity contribution in [2.45, 2.75) is 18.2 Å². The molecule has 3 rings (SSSR count). The van der Waals surface area contributed by atoms with Crippen LogP contribution in [0.1, 0.15) is 28.7 Å². The van der Waals surface area contributed by atoms with E-state index in [4.69, 9.17) is 4.42 Å². The second-order valence-corrected chi connectivity index (χ2v) is 7.38. The van der Waals surface area contributed by atoms with E-state index in [2.05, 4.69) is 50.5 Å². The van der Waals surface area contributed by atoms with Crippen LogP contribution in [-0.4, -0.2) is 21.9 Å². The summed E-state index contributed by atoms with van der Waals surface area (Å²) in [5, 5.41) is 10.5. The third-order valence-corrected chi connectivity index (χ3v) is 4.98. The summed E-state index contributed by atoms with van der Waals surface area (Å²) >= 11 is 5.14. The number of anilines is 1. The first-order valence-corrected chi connectivity index (χ1v) is 9.53. The third-order valence-electron chi connectivity index (χ3n) is 3.40. The van der Waals surface area contributed by atoms with Crippen LogP contribution in [0.2, 0.25) is 0 Å². The minimum Gasteiger partial charge on any atom is -0.407 e. The Bertz CT molecular complexity index is 865. The SMILES string of the molecule is CCSc1ccc(Cc2nnc(NC(=O)c3ccccc3Br)o2)cc1. The molecule has 0 radical (unpaired) electrons. The summed E-state index contributed by atoms with van der Waals surface area (Å²) in [4.78, 5) is 13.5. The minimum absolute atomic E-state index is 0.0916. The van der Waals surface area contributed by atoms with E-state index in [-0.39, 0.29) is 11.9 Å². The van der Waals surface area contributed by atoms with Gasteiger partial charge in [0.2, 0.25) is 5.89 Å². The van der Waals surface area contributed by atoms with Crippen molar-refractivity contribution >= 4 is 39.6 Å². The number of carbonyl (C=O) groups excluding carboxylic acids is 1. The van der Waals surface area contributed by atoms with Crippen molar-refractivity contribution in [3.8, 4) is 0 Å². The highest BCUT2D eigenvalue weighted by Gasteiger charge is 2.14. The molecule has 0 aliphatic carbocycles. The van der Waals surface area contributed by atoms with E-state index in [1.807, 2.05) is 18.2 Å². The molecule has 0 atom stereocenters. The molecule has 1 amide bonds. The normalized spacial score (nSPS) is 10.6. The lowest BCUT2D eigenvalue weighted by molar-refractivity contribution is 0.102. The third kappa shape index (κ3) is 4.70. The smallest absolute Gasteiger partial charge is 0.322 e. The van der Waals surface area contributed by atoms with Crippen LogP contribution in [0.4, 0.5) is 6.01 Å². The second kappa shape index (κ2) is 8.31. The first kappa shape index (κ1) is 17.7. The van der Waals surface area contributed by atoms with Crippen LogP contribution in [0.3, 0.4) is 0 Å². The molecule has 5 nitrogen and oxygen atoms in total. The summed E-state index contributed by atoms with van der Waals surface area (Å²) in [5.74, 6) is 1.20. The first-order chi connectivity index (χ1) is 12.2. The molecule has 3 aromatic rings. The average molecular weight is 418 g/mol. The molecule has 1 heterocycles. The summed E-state index contributed by atoms with van der Waals surface area (Å²) in [7, 11) is 0. The number of thioether (sulfide) groups is 1. The van der Waals surface area contributed by atoms with Gasteiger partial charge < -0.3 is 4.42 Å². The van der Waals surface area contributed by atoms with Crippen LogP contribution in [0.15, 0.2) is 62.3 Å². The van der Waals surface area contributed by atoms with Gasteiger partial charge in [0.15, 0.2) is 0 Å². The van der Waals surface area contributed by atoms with Gasteiger partial charge in [-0.1, -0.05) is 36.3 Å². The van der Waals surface area contributed by atoms with E-state index < -0.39 is 0 Å². The number of nitrogens with one attached hydrogen (secondary N) is 1. The van der Waals surface area contributed by atoms with Gasteiger partial charge in [-0.15, -0.1) is 16.9 Å². The molecule has 128 valence electrons. The Hall–Kier alpha value is -2.12. The molecule has 25 heavy (non-hydrogen) atoms. The zero-order valence-electron chi connectivity index (χ0n) is 13.5. The molecule has 1 aromatic heterocycles. The Kier molecular flexibility index (Phi) is 5.88. The van der Waals surface area contributed by atoms with Crippen molar-refractivity contribution in [2.24, 2.45) is 0 Å². The molecule has 0 saturated heterocycles. The van der Waals surface area contributed by atoms with E-state index in [1.165, 1.54) is 4.90 Å². The lowest BCUT2D eigenvalue weighted by Crippen LogP contribution is -2.12. The van der Waals surface area contributed by atoms with Crippen molar-refractivity contribution in [1.82, 2.24) is 10.2 Å². The summed E-state index contributed by atoms with van der Waals surface area (Å²) in [6.07, 6.45) is 0.523. The number of nitrogens with zero attached hydrogens (tertiary/aromatic N) is 2. The maximum atomic E-state index is 12.2. The van der Waals surface area contributed by atoms with Gasteiger partial charge in [-0.2, -0.15) is 0 Å². The van der Waals surface area contributed by atoms with E-state index >= 15 is 0 Å². The zero-order chi connectivity index (χ0) is 17.6. The van der Waals surface area contributed by atoms with Crippen LogP contribution in [-0.2, 0) is 6.42 Å². The molecule has 0 saturated carbocycles. The fourth-order valence-corrected chi connectivity index (χ4v) is 3.36. The highest BCUT2D eigenvalue weighted by molar-refractivity contribution is 9.10. The topological polar surface area (TPSA) is 68.0 Å². The molecule has 0 bridgehead atoms. The Morgan fingerprint density at radius 2 is 1.92 bits per heavy atom. The summed E-state index contributed by atoms with van der Waals surface area (Å²) in [5.41, 5.74) is 1.58. The number of hydrogen-bond acceptors (Lipinski definition) is 5. The number of halogens is 1. The molecule has 2 aromatic carbocycles. The minimum atomic E-state index is -0.302. The lowest BCUT2D eigenvalue weighted by atomic mass is 10.1. The largest absolute Gasteiger partial charge is 0.407 e. The molecule has 0 fully saturated rings. The molecular formula is C18H16BrN3O2S. The van der Waals surface area contributed by atoms with Gasteiger partial charge in [0.25, 0.3) is 5.91 Å². The summed E-state index contributed by atoms with van der Waals surface area (Å²) < 4.78 is 6.23. The number of amides is 1. The molecule has 0 aliphatic rings. The molecule has 0 aliphatic heterocycles. The maximum Gasteiger partial charge on any atom is 0.322 e. The van der Waals surface area contributed by atoms with Gasteiger partial charge in [-0.3, -0.25) is 10.1 Å². The van der Waals surface area contributed by atoms with Gasteiger partial charge in [0.05, 0.1) is 12.0 Å². The zero-order valence-corrected chi connectivity index (χ0v) is 15.9. The second-order valence-electron chi connectivity index (χ2n) is 5.19. The van der Waals surface area contributed by atoms with E-state index in [9.17, 15) is 4.79 Å². The predicted molar refractivity (Wildman–Crippen MR) is 102 cm³/mol. The van der Waals surface area contributed by atoms with Crippen LogP contribution in [0.25, 0.3) is 0 Å². The van der Waals surface area contributed by atoms with E-state index in [0.717, 1.165) is 11.3 Å². The Morgan fingerprint density at radius 1 is 1.16 bits per heavy atom. The quantitative estimate of drug-likeness (QED) is 0.584. The lowest BCUT2D eigenvalue weighted by Gasteiger charge is -2.02. The molecule has 0 spiro atoms. The summed E-state index contributed by atoms with van der Waals surface area (Å²) in [6.45, 7) is 2.13. The van der Waals surface area contributed by atoms with E-state index in [0.29, 0.717) is 22.3 Å². The number of hydrogen-bond donors (Lipinski definition) is 1. The number of aromatic nitrogens is 2. The Morgan fingerprint density at radius 3 is 2.64 bits per heavy atom. The van der Waals surface area contributed by atoms with Crippen LogP contribution >= 0.6 is 27.7 Å². The van der Waals surface area contributed by atoms with Gasteiger partial charge in [-0.05, 0) is 51.5 Å². The Labute approximate surface area is 158 Å². The fraction of sp³-hybridized carbons (Fsp3) is 0.167. The summed E-state index contributed by atoms with van der Waals surface area (Å²) in [6, 6.07) is 15.5. The van der Waals surface area contributed by atoms with Crippen LogP contribution in [0.5, 0.6) is 0 Å². The molecule has 1 N–H and O–H groups in total. The van der Waals surface area contributed by atoms with Crippen LogP contribution in [0, 0.1) is 0 Å². The maximum absolute atomic E-state index is 12.2. The molecule has 7 heteroatoms. The van der Waals surface area contributed by atoms with E-state index in [1.54, 1.807) is 30.0 Å². The van der Waals surface area contributed by atoms with Crippen molar-refractivity contribution in [3.05, 3.63) is 70.0 Å². The standard InChI is InChI=1S/C18H16BrN3O2S/c1-2-25-13-9-7-12(8-10-13)11-16-21-22-18(24-16)20-17(23)14-5-3-4-6-15(14)19/h3-10H,2,11H2,1H3,(H,20,22,23). The number of carbonyl (C=O) groups is 1. The molecular weight excluding hydrogens is 402 g/mol. The van der Waals surface area contributed by atoms with Crippen molar-refractivity contribution in [2.75, 3.05) is 11.1 Å². The Balaban J connectivity index is 1.64. The first-order valence-electron chi connectivity index (χ1n) is 7.75. The van der Waals surface area contributed by atoms with Gasteiger partial charge in [0.1, 0.15) is 0 Å².